The molecule has 3 aromatic rings. The van der Waals surface area contributed by atoms with Crippen LogP contribution in [-0.2, 0) is 11.8 Å². The van der Waals surface area contributed by atoms with Crippen molar-refractivity contribution in [3.8, 4) is 0 Å². The first-order valence-electron chi connectivity index (χ1n) is 8.33. The number of aromatic nitrogens is 2. The molecular weight excluding hydrogens is 400 g/mol. The number of amides is 1. The number of nitro benzene ring substituents is 1. The van der Waals surface area contributed by atoms with Crippen LogP contribution in [0.4, 0.5) is 11.4 Å². The van der Waals surface area contributed by atoms with Gasteiger partial charge in [0.1, 0.15) is 4.83 Å². The SMILES string of the molecule is Cc1ccc([N+](=O)[O-])cc1NC(=O)CSc1nc2sc(C)c(C)c2c(=O)n1C. The molecule has 1 aromatic carbocycles. The zero-order valence-corrected chi connectivity index (χ0v) is 17.4. The minimum absolute atomic E-state index is 0.0251. The molecule has 146 valence electrons. The van der Waals surface area contributed by atoms with Gasteiger partial charge in [-0.2, -0.15) is 0 Å². The van der Waals surface area contributed by atoms with Crippen LogP contribution >= 0.6 is 23.1 Å². The van der Waals surface area contributed by atoms with Crippen molar-refractivity contribution in [2.45, 2.75) is 25.9 Å². The smallest absolute Gasteiger partial charge is 0.271 e. The summed E-state index contributed by atoms with van der Waals surface area (Å²) in [7, 11) is 1.63. The Hall–Kier alpha value is -2.72. The molecule has 0 saturated heterocycles. The molecule has 0 unspecified atom stereocenters. The van der Waals surface area contributed by atoms with Gasteiger partial charge in [0.2, 0.25) is 5.91 Å². The summed E-state index contributed by atoms with van der Waals surface area (Å²) >= 11 is 2.60. The van der Waals surface area contributed by atoms with Crippen molar-refractivity contribution < 1.29 is 9.72 Å². The normalized spacial score (nSPS) is 11.0. The lowest BCUT2D eigenvalue weighted by molar-refractivity contribution is -0.384. The minimum atomic E-state index is -0.510. The van der Waals surface area contributed by atoms with Crippen molar-refractivity contribution in [1.82, 2.24) is 9.55 Å². The van der Waals surface area contributed by atoms with E-state index in [0.29, 0.717) is 21.1 Å². The number of thiophene rings is 1. The molecule has 2 heterocycles. The Morgan fingerprint density at radius 1 is 1.36 bits per heavy atom. The third kappa shape index (κ3) is 3.78. The van der Waals surface area contributed by atoms with Gasteiger partial charge in [0, 0.05) is 24.1 Å². The molecule has 1 N–H and O–H groups in total. The van der Waals surface area contributed by atoms with Gasteiger partial charge in [-0.25, -0.2) is 4.98 Å². The highest BCUT2D eigenvalue weighted by atomic mass is 32.2. The molecule has 0 aliphatic heterocycles. The van der Waals surface area contributed by atoms with Crippen LogP contribution in [0.3, 0.4) is 0 Å². The number of hydrogen-bond acceptors (Lipinski definition) is 7. The Morgan fingerprint density at radius 2 is 2.07 bits per heavy atom. The minimum Gasteiger partial charge on any atom is -0.325 e. The highest BCUT2D eigenvalue weighted by Crippen LogP contribution is 2.28. The number of nitrogens with zero attached hydrogens (tertiary/aromatic N) is 3. The second-order valence-corrected chi connectivity index (χ2v) is 8.46. The maximum atomic E-state index is 12.6. The lowest BCUT2D eigenvalue weighted by Crippen LogP contribution is -2.21. The lowest BCUT2D eigenvalue weighted by atomic mass is 10.2. The van der Waals surface area contributed by atoms with E-state index in [2.05, 4.69) is 10.3 Å². The van der Waals surface area contributed by atoms with Gasteiger partial charge in [-0.05, 0) is 31.9 Å². The number of carbonyl (C=O) groups excluding carboxylic acids is 1. The number of non-ortho nitro benzene ring substituents is 1. The molecule has 10 heteroatoms. The number of benzene rings is 1. The van der Waals surface area contributed by atoms with Gasteiger partial charge in [-0.15, -0.1) is 11.3 Å². The largest absolute Gasteiger partial charge is 0.325 e. The summed E-state index contributed by atoms with van der Waals surface area (Å²) in [6.45, 7) is 5.61. The second kappa shape index (κ2) is 7.72. The molecule has 0 spiro atoms. The Morgan fingerprint density at radius 3 is 2.75 bits per heavy atom. The number of carbonyl (C=O) groups is 1. The van der Waals surface area contributed by atoms with Crippen LogP contribution in [-0.4, -0.2) is 26.1 Å². The van der Waals surface area contributed by atoms with Crippen LogP contribution < -0.4 is 10.9 Å². The first kappa shape index (κ1) is 20.0. The molecule has 0 radical (unpaired) electrons. The van der Waals surface area contributed by atoms with E-state index in [1.807, 2.05) is 13.8 Å². The van der Waals surface area contributed by atoms with Crippen LogP contribution in [0.2, 0.25) is 0 Å². The summed E-state index contributed by atoms with van der Waals surface area (Å²) in [5.74, 6) is -0.307. The molecular formula is C18H18N4O4S2. The molecule has 0 aliphatic rings. The first-order chi connectivity index (χ1) is 13.2. The molecule has 0 fully saturated rings. The standard InChI is InChI=1S/C18H18N4O4S2/c1-9-5-6-12(22(25)26)7-13(9)19-14(23)8-27-18-20-16-15(17(24)21(18)4)10(2)11(3)28-16/h5-7H,8H2,1-4H3,(H,19,23). The van der Waals surface area contributed by atoms with Crippen LogP contribution in [0.25, 0.3) is 10.2 Å². The van der Waals surface area contributed by atoms with Gasteiger partial charge in [0.25, 0.3) is 11.2 Å². The fourth-order valence-corrected chi connectivity index (χ4v) is 4.50. The van der Waals surface area contributed by atoms with Gasteiger partial charge in [0.05, 0.1) is 21.7 Å². The van der Waals surface area contributed by atoms with E-state index in [4.69, 9.17) is 0 Å². The van der Waals surface area contributed by atoms with Gasteiger partial charge < -0.3 is 5.32 Å². The highest BCUT2D eigenvalue weighted by Gasteiger charge is 2.16. The summed E-state index contributed by atoms with van der Waals surface area (Å²) in [6.07, 6.45) is 0. The molecule has 0 aliphatic carbocycles. The van der Waals surface area contributed by atoms with Crippen molar-refractivity contribution >= 4 is 50.6 Å². The van der Waals surface area contributed by atoms with Crippen LogP contribution in [0.5, 0.6) is 0 Å². The first-order valence-corrected chi connectivity index (χ1v) is 10.1. The van der Waals surface area contributed by atoms with E-state index < -0.39 is 4.92 Å². The highest BCUT2D eigenvalue weighted by molar-refractivity contribution is 7.99. The molecule has 8 nitrogen and oxygen atoms in total. The van der Waals surface area contributed by atoms with Crippen LogP contribution in [0, 0.1) is 30.9 Å². The summed E-state index contributed by atoms with van der Waals surface area (Å²) in [5, 5.41) is 14.7. The molecule has 0 bridgehead atoms. The fourth-order valence-electron chi connectivity index (χ4n) is 2.66. The molecule has 2 aromatic heterocycles. The van der Waals surface area contributed by atoms with Gasteiger partial charge in [0.15, 0.2) is 5.16 Å². The third-order valence-corrected chi connectivity index (χ3v) is 6.54. The number of nitro groups is 1. The lowest BCUT2D eigenvalue weighted by Gasteiger charge is -2.09. The van der Waals surface area contributed by atoms with Crippen LogP contribution in [0.15, 0.2) is 28.2 Å². The van der Waals surface area contributed by atoms with Gasteiger partial charge in [-0.3, -0.25) is 24.3 Å². The summed E-state index contributed by atoms with van der Waals surface area (Å²) in [5.41, 5.74) is 1.82. The zero-order valence-electron chi connectivity index (χ0n) is 15.7. The quantitative estimate of drug-likeness (QED) is 0.294. The predicted molar refractivity (Wildman–Crippen MR) is 112 cm³/mol. The molecule has 1 amide bonds. The Labute approximate surface area is 168 Å². The van der Waals surface area contributed by atoms with Gasteiger partial charge in [-0.1, -0.05) is 17.8 Å². The number of rotatable bonds is 5. The predicted octanol–water partition coefficient (Wildman–Crippen LogP) is 3.56. The van der Waals surface area contributed by atoms with E-state index >= 15 is 0 Å². The molecule has 0 saturated carbocycles. The third-order valence-electron chi connectivity index (χ3n) is 4.41. The molecule has 28 heavy (non-hydrogen) atoms. The summed E-state index contributed by atoms with van der Waals surface area (Å²) < 4.78 is 1.44. The average Bonchev–Trinajstić information content (AvgIpc) is 2.92. The van der Waals surface area contributed by atoms with Crippen molar-refractivity contribution in [1.29, 1.82) is 0 Å². The number of nitrogens with one attached hydrogen (secondary N) is 1. The monoisotopic (exact) mass is 418 g/mol. The van der Waals surface area contributed by atoms with E-state index in [0.717, 1.165) is 27.8 Å². The van der Waals surface area contributed by atoms with E-state index in [1.165, 1.54) is 28.0 Å². The summed E-state index contributed by atoms with van der Waals surface area (Å²) in [6, 6.07) is 4.30. The van der Waals surface area contributed by atoms with Crippen molar-refractivity contribution in [2.75, 3.05) is 11.1 Å². The number of aryl methyl sites for hydroxylation is 3. The number of thioether (sulfide) groups is 1. The van der Waals surface area contributed by atoms with Crippen molar-refractivity contribution in [3.63, 3.8) is 0 Å². The summed E-state index contributed by atoms with van der Waals surface area (Å²) in [4.78, 5) is 41.6. The van der Waals surface area contributed by atoms with Crippen molar-refractivity contribution in [2.24, 2.45) is 7.05 Å². The number of hydrogen-bond donors (Lipinski definition) is 1. The molecule has 0 atom stereocenters. The maximum Gasteiger partial charge on any atom is 0.271 e. The average molecular weight is 419 g/mol. The molecule has 3 rings (SSSR count). The number of fused-ring (bicyclic) bond motifs is 1. The van der Waals surface area contributed by atoms with E-state index in [-0.39, 0.29) is 22.9 Å². The Kier molecular flexibility index (Phi) is 5.52. The Balaban J connectivity index is 1.78. The van der Waals surface area contributed by atoms with E-state index in [1.54, 1.807) is 20.0 Å². The zero-order chi connectivity index (χ0) is 20.6. The van der Waals surface area contributed by atoms with Gasteiger partial charge >= 0.3 is 0 Å². The topological polar surface area (TPSA) is 107 Å². The maximum absolute atomic E-state index is 12.6. The second-order valence-electron chi connectivity index (χ2n) is 6.32. The van der Waals surface area contributed by atoms with E-state index in [9.17, 15) is 19.7 Å². The number of anilines is 1. The fraction of sp³-hybridized carbons (Fsp3) is 0.278. The Bertz CT molecular complexity index is 1170. The van der Waals surface area contributed by atoms with Crippen LogP contribution in [0.1, 0.15) is 16.0 Å². The van der Waals surface area contributed by atoms with Crippen molar-refractivity contribution in [3.05, 3.63) is 54.7 Å².